The molecule has 2 aromatic rings. The number of hydrogen-bond acceptors (Lipinski definition) is 3. The van der Waals surface area contributed by atoms with Crippen molar-refractivity contribution in [3.63, 3.8) is 0 Å². The lowest BCUT2D eigenvalue weighted by atomic mass is 10.1. The molecule has 4 heteroatoms. The average Bonchev–Trinajstić information content (AvgIpc) is 2.95. The van der Waals surface area contributed by atoms with Gasteiger partial charge in [-0.3, -0.25) is 4.99 Å². The Morgan fingerprint density at radius 2 is 1.74 bits per heavy atom. The van der Waals surface area contributed by atoms with Crippen molar-refractivity contribution in [1.82, 2.24) is 0 Å². The first-order valence-corrected chi connectivity index (χ1v) is 7.62. The van der Waals surface area contributed by atoms with Crippen LogP contribution in [-0.4, -0.2) is 33.5 Å². The average molecular weight is 331 g/mol. The van der Waals surface area contributed by atoms with Gasteiger partial charge >= 0.3 is 0 Å². The smallest absolute Gasteiger partial charge is 0.142 e. The molecule has 1 aliphatic carbocycles. The Bertz CT molecular complexity index is 673. The van der Waals surface area contributed by atoms with Gasteiger partial charge in [0.25, 0.3) is 0 Å². The Labute approximate surface area is 144 Å². The monoisotopic (exact) mass is 330 g/mol. The van der Waals surface area contributed by atoms with Crippen LogP contribution in [0.2, 0.25) is 0 Å². The second-order valence-corrected chi connectivity index (χ2v) is 5.93. The first-order valence-electron chi connectivity index (χ1n) is 7.62. The molecule has 0 saturated carbocycles. The zero-order chi connectivity index (χ0) is 15.5. The molecule has 0 spiro atoms. The predicted octanol–water partition coefficient (Wildman–Crippen LogP) is 3.77. The molecule has 0 atom stereocenters. The van der Waals surface area contributed by atoms with E-state index in [1.54, 1.807) is 7.11 Å². The van der Waals surface area contributed by atoms with E-state index in [9.17, 15) is 0 Å². The number of methoxy groups -OCH3 is 1. The minimum atomic E-state index is 0. The van der Waals surface area contributed by atoms with E-state index in [4.69, 9.17) is 9.73 Å². The van der Waals surface area contributed by atoms with Crippen LogP contribution in [0.4, 0.5) is 5.69 Å². The van der Waals surface area contributed by atoms with Gasteiger partial charge in [0, 0.05) is 20.3 Å². The van der Waals surface area contributed by atoms with Gasteiger partial charge < -0.3 is 9.64 Å². The Balaban J connectivity index is 0.00000192. The van der Waals surface area contributed by atoms with Crippen LogP contribution in [0, 0.1) is 0 Å². The standard InChI is InChI=1S/C19H22N2O.ClH/c1-21(2)18-10-14(8-9-19(18)22-3)13-20-17-11-15-6-4-5-7-16(15)12-17;/h4-10,13,17H,11-12H2,1-3H3;1H. The largest absolute Gasteiger partial charge is 0.495 e. The molecule has 0 N–H and O–H groups in total. The SMILES string of the molecule is COc1ccc(C=NC2Cc3ccccc3C2)cc1N(C)C.Cl. The Morgan fingerprint density at radius 1 is 1.09 bits per heavy atom. The van der Waals surface area contributed by atoms with Crippen molar-refractivity contribution in [1.29, 1.82) is 0 Å². The fourth-order valence-corrected chi connectivity index (χ4v) is 2.97. The summed E-state index contributed by atoms with van der Waals surface area (Å²) in [6.45, 7) is 0. The molecule has 0 amide bonds. The van der Waals surface area contributed by atoms with Gasteiger partial charge in [-0.15, -0.1) is 12.4 Å². The second-order valence-electron chi connectivity index (χ2n) is 5.93. The lowest BCUT2D eigenvalue weighted by Crippen LogP contribution is -2.10. The number of rotatable bonds is 4. The molecule has 0 fully saturated rings. The number of ether oxygens (including phenoxy) is 1. The first kappa shape index (κ1) is 17.4. The summed E-state index contributed by atoms with van der Waals surface area (Å²) >= 11 is 0. The Kier molecular flexibility index (Phi) is 5.67. The fraction of sp³-hybridized carbons (Fsp3) is 0.316. The minimum absolute atomic E-state index is 0. The zero-order valence-electron chi connectivity index (χ0n) is 13.8. The van der Waals surface area contributed by atoms with Crippen molar-refractivity contribution in [2.45, 2.75) is 18.9 Å². The van der Waals surface area contributed by atoms with Crippen LogP contribution < -0.4 is 9.64 Å². The summed E-state index contributed by atoms with van der Waals surface area (Å²) in [4.78, 5) is 6.84. The van der Waals surface area contributed by atoms with Gasteiger partial charge in [0.15, 0.2) is 0 Å². The maximum atomic E-state index is 5.40. The Hall–Kier alpha value is -2.00. The summed E-state index contributed by atoms with van der Waals surface area (Å²) in [6, 6.07) is 15.2. The van der Waals surface area contributed by atoms with E-state index < -0.39 is 0 Å². The lowest BCUT2D eigenvalue weighted by Gasteiger charge is -2.17. The Morgan fingerprint density at radius 3 is 2.30 bits per heavy atom. The highest BCUT2D eigenvalue weighted by molar-refractivity contribution is 5.85. The summed E-state index contributed by atoms with van der Waals surface area (Å²) < 4.78 is 5.40. The normalized spacial score (nSPS) is 13.7. The van der Waals surface area contributed by atoms with E-state index in [1.165, 1.54) is 11.1 Å². The van der Waals surface area contributed by atoms with E-state index in [-0.39, 0.29) is 12.4 Å². The van der Waals surface area contributed by atoms with Gasteiger partial charge in [-0.05, 0) is 47.7 Å². The summed E-state index contributed by atoms with van der Waals surface area (Å²) in [7, 11) is 5.74. The molecule has 23 heavy (non-hydrogen) atoms. The molecule has 0 saturated heterocycles. The first-order chi connectivity index (χ1) is 10.7. The maximum Gasteiger partial charge on any atom is 0.142 e. The van der Waals surface area contributed by atoms with Crippen molar-refractivity contribution in [2.24, 2.45) is 4.99 Å². The molecule has 3 rings (SSSR count). The maximum absolute atomic E-state index is 5.40. The molecular weight excluding hydrogens is 308 g/mol. The molecule has 122 valence electrons. The van der Waals surface area contributed by atoms with Crippen LogP contribution >= 0.6 is 12.4 Å². The van der Waals surface area contributed by atoms with E-state index in [0.717, 1.165) is 29.8 Å². The van der Waals surface area contributed by atoms with Crippen LogP contribution in [0.15, 0.2) is 47.5 Å². The topological polar surface area (TPSA) is 24.8 Å². The molecule has 0 radical (unpaired) electrons. The van der Waals surface area contributed by atoms with Crippen molar-refractivity contribution in [2.75, 3.05) is 26.1 Å². The van der Waals surface area contributed by atoms with Crippen molar-refractivity contribution in [3.05, 3.63) is 59.2 Å². The number of fused-ring (bicyclic) bond motifs is 1. The quantitative estimate of drug-likeness (QED) is 0.797. The molecule has 0 unspecified atom stereocenters. The van der Waals surface area contributed by atoms with Crippen molar-refractivity contribution < 1.29 is 4.74 Å². The fourth-order valence-electron chi connectivity index (χ4n) is 2.97. The number of halogens is 1. The van der Waals surface area contributed by atoms with E-state index in [0.29, 0.717) is 6.04 Å². The van der Waals surface area contributed by atoms with Crippen LogP contribution in [0.1, 0.15) is 16.7 Å². The van der Waals surface area contributed by atoms with Crippen LogP contribution in [0.25, 0.3) is 0 Å². The number of aliphatic imine (C=N–C) groups is 1. The van der Waals surface area contributed by atoms with Gasteiger partial charge in [-0.25, -0.2) is 0 Å². The van der Waals surface area contributed by atoms with Crippen LogP contribution in [0.3, 0.4) is 0 Å². The predicted molar refractivity (Wildman–Crippen MR) is 99.8 cm³/mol. The number of nitrogens with zero attached hydrogens (tertiary/aromatic N) is 2. The van der Waals surface area contributed by atoms with Crippen molar-refractivity contribution >= 4 is 24.3 Å². The molecule has 0 bridgehead atoms. The van der Waals surface area contributed by atoms with Crippen LogP contribution in [0.5, 0.6) is 5.75 Å². The molecule has 0 aromatic heterocycles. The van der Waals surface area contributed by atoms with E-state index >= 15 is 0 Å². The highest BCUT2D eigenvalue weighted by Gasteiger charge is 2.19. The van der Waals surface area contributed by atoms with Gasteiger partial charge in [-0.2, -0.15) is 0 Å². The molecule has 3 nitrogen and oxygen atoms in total. The zero-order valence-corrected chi connectivity index (χ0v) is 14.6. The van der Waals surface area contributed by atoms with Crippen LogP contribution in [-0.2, 0) is 12.8 Å². The molecule has 2 aromatic carbocycles. The van der Waals surface area contributed by atoms with Gasteiger partial charge in [0.1, 0.15) is 5.75 Å². The number of hydrogen-bond donors (Lipinski definition) is 0. The summed E-state index contributed by atoms with van der Waals surface area (Å²) in [5.41, 5.74) is 5.06. The molecule has 1 aliphatic rings. The number of anilines is 1. The van der Waals surface area contributed by atoms with Gasteiger partial charge in [-0.1, -0.05) is 24.3 Å². The third-order valence-corrected chi connectivity index (χ3v) is 4.15. The van der Waals surface area contributed by atoms with E-state index in [1.807, 2.05) is 26.4 Å². The summed E-state index contributed by atoms with van der Waals surface area (Å²) in [5, 5.41) is 0. The third kappa shape index (κ3) is 3.85. The van der Waals surface area contributed by atoms with Gasteiger partial charge in [0.05, 0.1) is 18.8 Å². The molecular formula is C19H23ClN2O. The van der Waals surface area contributed by atoms with E-state index in [2.05, 4.69) is 41.3 Å². The summed E-state index contributed by atoms with van der Waals surface area (Å²) in [6.07, 6.45) is 4.08. The molecule has 0 aliphatic heterocycles. The van der Waals surface area contributed by atoms with Gasteiger partial charge in [0.2, 0.25) is 0 Å². The summed E-state index contributed by atoms with van der Waals surface area (Å²) in [5.74, 6) is 0.885. The number of benzene rings is 2. The van der Waals surface area contributed by atoms with Crippen molar-refractivity contribution in [3.8, 4) is 5.75 Å². The molecule has 0 heterocycles. The highest BCUT2D eigenvalue weighted by Crippen LogP contribution is 2.28. The highest BCUT2D eigenvalue weighted by atomic mass is 35.5. The second kappa shape index (κ2) is 7.51. The lowest BCUT2D eigenvalue weighted by molar-refractivity contribution is 0.415. The minimum Gasteiger partial charge on any atom is -0.495 e. The third-order valence-electron chi connectivity index (χ3n) is 4.15.